The van der Waals surface area contributed by atoms with Crippen molar-refractivity contribution in [2.45, 2.75) is 20.4 Å². The molecule has 6 heteroatoms. The van der Waals surface area contributed by atoms with Crippen molar-refractivity contribution in [3.8, 4) is 0 Å². The largest absolute Gasteiger partial charge is 0.465 e. The molecule has 0 unspecified atom stereocenters. The van der Waals surface area contributed by atoms with Crippen LogP contribution in [0.5, 0.6) is 0 Å². The van der Waals surface area contributed by atoms with Crippen LogP contribution >= 0.6 is 11.3 Å². The highest BCUT2D eigenvalue weighted by molar-refractivity contribution is 7.11. The molecule has 5 nitrogen and oxygen atoms in total. The Morgan fingerprint density at radius 3 is 2.79 bits per heavy atom. The number of methoxy groups -OCH3 is 1. The smallest absolute Gasteiger partial charge is 0.339 e. The molecule has 0 radical (unpaired) electrons. The number of nitrogens with one attached hydrogen (secondary N) is 1. The van der Waals surface area contributed by atoms with E-state index in [4.69, 9.17) is 0 Å². The normalized spacial score (nSPS) is 10.3. The van der Waals surface area contributed by atoms with Crippen LogP contribution in [0, 0.1) is 13.8 Å². The summed E-state index contributed by atoms with van der Waals surface area (Å²) in [6, 6.07) is 3.49. The first-order valence-corrected chi connectivity index (χ1v) is 6.63. The van der Waals surface area contributed by atoms with Gasteiger partial charge in [-0.15, -0.1) is 11.3 Å². The zero-order chi connectivity index (χ0) is 13.8. The molecule has 0 amide bonds. The molecule has 0 atom stereocenters. The third kappa shape index (κ3) is 3.29. The van der Waals surface area contributed by atoms with E-state index in [0.717, 1.165) is 15.7 Å². The fraction of sp³-hybridized carbons (Fsp3) is 0.308. The number of thiazole rings is 1. The molecular weight excluding hydrogens is 262 g/mol. The molecule has 100 valence electrons. The zero-order valence-corrected chi connectivity index (χ0v) is 11.9. The molecule has 0 fully saturated rings. The van der Waals surface area contributed by atoms with Crippen molar-refractivity contribution < 1.29 is 9.53 Å². The summed E-state index contributed by atoms with van der Waals surface area (Å²) in [5.74, 6) is 0.367. The summed E-state index contributed by atoms with van der Waals surface area (Å²) >= 11 is 1.65. The number of pyridine rings is 1. The molecule has 0 aliphatic carbocycles. The number of aromatic nitrogens is 2. The molecule has 2 aromatic rings. The van der Waals surface area contributed by atoms with Gasteiger partial charge in [0.25, 0.3) is 0 Å². The van der Waals surface area contributed by atoms with Crippen LogP contribution in [0.4, 0.5) is 5.82 Å². The van der Waals surface area contributed by atoms with Crippen LogP contribution < -0.4 is 5.32 Å². The van der Waals surface area contributed by atoms with E-state index in [9.17, 15) is 4.79 Å². The molecule has 0 aliphatic rings. The van der Waals surface area contributed by atoms with E-state index >= 15 is 0 Å². The van der Waals surface area contributed by atoms with Gasteiger partial charge in [0, 0.05) is 11.1 Å². The van der Waals surface area contributed by atoms with Crippen LogP contribution in [0.2, 0.25) is 0 Å². The van der Waals surface area contributed by atoms with Gasteiger partial charge in [-0.3, -0.25) is 0 Å². The van der Waals surface area contributed by atoms with Gasteiger partial charge in [0.1, 0.15) is 5.82 Å². The average Bonchev–Trinajstić information content (AvgIpc) is 2.81. The predicted octanol–water partition coefficient (Wildman–Crippen LogP) is 2.55. The van der Waals surface area contributed by atoms with E-state index in [1.54, 1.807) is 30.4 Å². The Hall–Kier alpha value is -1.95. The van der Waals surface area contributed by atoms with Gasteiger partial charge in [0.05, 0.1) is 29.9 Å². The van der Waals surface area contributed by atoms with Crippen molar-refractivity contribution in [2.24, 2.45) is 0 Å². The van der Waals surface area contributed by atoms with Crippen molar-refractivity contribution in [1.29, 1.82) is 0 Å². The van der Waals surface area contributed by atoms with Gasteiger partial charge in [-0.1, -0.05) is 0 Å². The second kappa shape index (κ2) is 5.79. The van der Waals surface area contributed by atoms with E-state index in [2.05, 4.69) is 20.0 Å². The molecular formula is C13H15N3O2S. The lowest BCUT2D eigenvalue weighted by molar-refractivity contribution is 0.0599. The predicted molar refractivity (Wildman–Crippen MR) is 74.5 cm³/mol. The van der Waals surface area contributed by atoms with Crippen molar-refractivity contribution in [1.82, 2.24) is 9.97 Å². The van der Waals surface area contributed by atoms with Crippen molar-refractivity contribution in [3.63, 3.8) is 0 Å². The lowest BCUT2D eigenvalue weighted by atomic mass is 10.2. The van der Waals surface area contributed by atoms with Gasteiger partial charge < -0.3 is 10.1 Å². The van der Waals surface area contributed by atoms with Crippen LogP contribution in [0.25, 0.3) is 0 Å². The summed E-state index contributed by atoms with van der Waals surface area (Å²) in [4.78, 5) is 21.1. The highest BCUT2D eigenvalue weighted by Gasteiger charge is 2.10. The Bertz CT molecular complexity index is 595. The van der Waals surface area contributed by atoms with E-state index in [1.807, 2.05) is 13.1 Å². The number of nitrogens with zero attached hydrogens (tertiary/aromatic N) is 2. The highest BCUT2D eigenvalue weighted by atomic mass is 32.1. The fourth-order valence-electron chi connectivity index (χ4n) is 1.65. The molecule has 1 N–H and O–H groups in total. The zero-order valence-electron chi connectivity index (χ0n) is 11.1. The molecule has 0 spiro atoms. The standard InChI is InChI=1S/C13H15N3O2S/c1-8-11(13(17)18-3)4-5-12(16-8)15-7-10-6-14-9(2)19-10/h4-6H,7H2,1-3H3,(H,15,16). The number of anilines is 1. The first-order valence-electron chi connectivity index (χ1n) is 5.81. The minimum Gasteiger partial charge on any atom is -0.465 e. The molecule has 0 bridgehead atoms. The van der Waals surface area contributed by atoms with Gasteiger partial charge in [-0.2, -0.15) is 0 Å². The Balaban J connectivity index is 2.06. The van der Waals surface area contributed by atoms with Crippen molar-refractivity contribution in [3.05, 3.63) is 39.5 Å². The lowest BCUT2D eigenvalue weighted by Crippen LogP contribution is -2.07. The SMILES string of the molecule is COC(=O)c1ccc(NCc2cnc(C)s2)nc1C. The van der Waals surface area contributed by atoms with Crippen molar-refractivity contribution in [2.75, 3.05) is 12.4 Å². The van der Waals surface area contributed by atoms with Crippen LogP contribution in [0.1, 0.15) is 25.9 Å². The molecule has 19 heavy (non-hydrogen) atoms. The van der Waals surface area contributed by atoms with Gasteiger partial charge in [0.15, 0.2) is 0 Å². The molecule has 0 saturated heterocycles. The third-order valence-corrected chi connectivity index (χ3v) is 3.52. The number of carbonyl (C=O) groups is 1. The number of aryl methyl sites for hydroxylation is 2. The maximum absolute atomic E-state index is 11.4. The lowest BCUT2D eigenvalue weighted by Gasteiger charge is -2.07. The minimum absolute atomic E-state index is 0.366. The monoisotopic (exact) mass is 277 g/mol. The van der Waals surface area contributed by atoms with Gasteiger partial charge in [-0.25, -0.2) is 14.8 Å². The van der Waals surface area contributed by atoms with E-state index in [-0.39, 0.29) is 5.97 Å². The topological polar surface area (TPSA) is 64.1 Å². The summed E-state index contributed by atoms with van der Waals surface area (Å²) in [6.07, 6.45) is 1.85. The second-order valence-electron chi connectivity index (χ2n) is 4.02. The van der Waals surface area contributed by atoms with Crippen LogP contribution in [0.15, 0.2) is 18.3 Å². The molecule has 2 rings (SSSR count). The average molecular weight is 277 g/mol. The van der Waals surface area contributed by atoms with Gasteiger partial charge >= 0.3 is 5.97 Å². The van der Waals surface area contributed by atoms with E-state index in [1.165, 1.54) is 7.11 Å². The molecule has 0 aromatic carbocycles. The quantitative estimate of drug-likeness (QED) is 0.870. The summed E-state index contributed by atoms with van der Waals surface area (Å²) in [5.41, 5.74) is 1.14. The van der Waals surface area contributed by atoms with E-state index in [0.29, 0.717) is 17.8 Å². The maximum atomic E-state index is 11.4. The van der Waals surface area contributed by atoms with Gasteiger partial charge in [-0.05, 0) is 26.0 Å². The van der Waals surface area contributed by atoms with Gasteiger partial charge in [0.2, 0.25) is 0 Å². The summed E-state index contributed by atoms with van der Waals surface area (Å²) in [7, 11) is 1.36. The van der Waals surface area contributed by atoms with Crippen molar-refractivity contribution >= 4 is 23.1 Å². The first kappa shape index (κ1) is 13.5. The second-order valence-corrected chi connectivity index (χ2v) is 5.34. The summed E-state index contributed by atoms with van der Waals surface area (Å²) in [5, 5.41) is 4.25. The number of carbonyl (C=O) groups excluding carboxylic acids is 1. The number of esters is 1. The Kier molecular flexibility index (Phi) is 4.11. The van der Waals surface area contributed by atoms with Crippen LogP contribution in [-0.4, -0.2) is 23.0 Å². The number of rotatable bonds is 4. The highest BCUT2D eigenvalue weighted by Crippen LogP contribution is 2.15. The van der Waals surface area contributed by atoms with E-state index < -0.39 is 0 Å². The number of hydrogen-bond acceptors (Lipinski definition) is 6. The Morgan fingerprint density at radius 1 is 1.42 bits per heavy atom. The maximum Gasteiger partial charge on any atom is 0.339 e. The first-order chi connectivity index (χ1) is 9.10. The third-order valence-electron chi connectivity index (χ3n) is 2.60. The molecule has 0 aliphatic heterocycles. The summed E-state index contributed by atoms with van der Waals surface area (Å²) in [6.45, 7) is 4.44. The molecule has 2 heterocycles. The Morgan fingerprint density at radius 2 is 2.21 bits per heavy atom. The minimum atomic E-state index is -0.366. The molecule has 0 saturated carbocycles. The summed E-state index contributed by atoms with van der Waals surface area (Å²) < 4.78 is 4.68. The number of hydrogen-bond donors (Lipinski definition) is 1. The van der Waals surface area contributed by atoms with Crippen LogP contribution in [0.3, 0.4) is 0 Å². The number of ether oxygens (including phenoxy) is 1. The fourth-order valence-corrected chi connectivity index (χ4v) is 2.38. The molecule has 2 aromatic heterocycles. The Labute approximate surface area is 115 Å². The van der Waals surface area contributed by atoms with Crippen LogP contribution in [-0.2, 0) is 11.3 Å².